The van der Waals surface area contributed by atoms with Gasteiger partial charge in [-0.2, -0.15) is 0 Å². The highest BCUT2D eigenvalue weighted by atomic mass is 15.1. The molecule has 0 aliphatic carbocycles. The molecule has 0 atom stereocenters. The third kappa shape index (κ3) is 2.88. The fourth-order valence-corrected chi connectivity index (χ4v) is 2.16. The highest BCUT2D eigenvalue weighted by Gasteiger charge is 2.10. The van der Waals surface area contributed by atoms with E-state index in [9.17, 15) is 0 Å². The fraction of sp³-hybridized carbons (Fsp3) is 0.727. The maximum Gasteiger partial charge on any atom is 0.168 e. The third-order valence-electron chi connectivity index (χ3n) is 2.99. The molecule has 0 unspecified atom stereocenters. The van der Waals surface area contributed by atoms with Gasteiger partial charge in [0, 0.05) is 6.54 Å². The molecule has 16 heavy (non-hydrogen) atoms. The Balaban J connectivity index is 1.65. The molecule has 0 spiro atoms. The van der Waals surface area contributed by atoms with Crippen molar-refractivity contribution in [1.29, 1.82) is 0 Å². The van der Waals surface area contributed by atoms with E-state index < -0.39 is 0 Å². The number of nitrogen functional groups attached to an aromatic ring is 1. The van der Waals surface area contributed by atoms with Crippen molar-refractivity contribution in [2.45, 2.75) is 26.2 Å². The lowest BCUT2D eigenvalue weighted by Crippen LogP contribution is -2.22. The lowest BCUT2D eigenvalue weighted by molar-refractivity contribution is 0.337. The quantitative estimate of drug-likeness (QED) is 0.656. The minimum atomic E-state index is 0.638. The Morgan fingerprint density at radius 3 is 2.81 bits per heavy atom. The predicted molar refractivity (Wildman–Crippen MR) is 66.5 cm³/mol. The number of H-pyrrole nitrogens is 1. The van der Waals surface area contributed by atoms with E-state index in [1.54, 1.807) is 0 Å². The van der Waals surface area contributed by atoms with Crippen molar-refractivity contribution in [3.8, 4) is 0 Å². The molecule has 1 fully saturated rings. The molecule has 1 aliphatic heterocycles. The number of aromatic amines is 1. The van der Waals surface area contributed by atoms with Gasteiger partial charge in [0.2, 0.25) is 0 Å². The van der Waals surface area contributed by atoms with Crippen molar-refractivity contribution in [2.75, 3.05) is 37.2 Å². The molecule has 5 heteroatoms. The Morgan fingerprint density at radius 2 is 2.19 bits per heavy atom. The Morgan fingerprint density at radius 1 is 1.44 bits per heavy atom. The van der Waals surface area contributed by atoms with Crippen LogP contribution in [0.15, 0.2) is 0 Å². The van der Waals surface area contributed by atoms with Crippen LogP contribution in [0.3, 0.4) is 0 Å². The van der Waals surface area contributed by atoms with Gasteiger partial charge in [-0.3, -0.25) is 0 Å². The average Bonchev–Trinajstić information content (AvgIpc) is 2.84. The molecule has 2 rings (SSSR count). The maximum absolute atomic E-state index is 5.75. The van der Waals surface area contributed by atoms with Crippen LogP contribution >= 0.6 is 0 Å². The number of anilines is 2. The van der Waals surface area contributed by atoms with Crippen molar-refractivity contribution in [1.82, 2.24) is 14.9 Å². The molecular weight excluding hydrogens is 202 g/mol. The number of hydrogen-bond acceptors (Lipinski definition) is 4. The molecule has 0 bridgehead atoms. The molecule has 5 nitrogen and oxygen atoms in total. The van der Waals surface area contributed by atoms with E-state index in [0.717, 1.165) is 24.6 Å². The minimum absolute atomic E-state index is 0.638. The first kappa shape index (κ1) is 11.3. The number of nitrogens with zero attached hydrogens (tertiary/aromatic N) is 2. The zero-order valence-corrected chi connectivity index (χ0v) is 9.92. The van der Waals surface area contributed by atoms with E-state index in [2.05, 4.69) is 20.2 Å². The van der Waals surface area contributed by atoms with Crippen molar-refractivity contribution >= 4 is 11.6 Å². The summed E-state index contributed by atoms with van der Waals surface area (Å²) in [6.45, 7) is 6.56. The van der Waals surface area contributed by atoms with Gasteiger partial charge in [0.05, 0.1) is 0 Å². The number of nitrogens with one attached hydrogen (secondary N) is 2. The zero-order chi connectivity index (χ0) is 11.4. The summed E-state index contributed by atoms with van der Waals surface area (Å²) in [5.41, 5.74) is 5.75. The van der Waals surface area contributed by atoms with Gasteiger partial charge in [-0.25, -0.2) is 4.98 Å². The van der Waals surface area contributed by atoms with Gasteiger partial charge in [0.25, 0.3) is 0 Å². The van der Waals surface area contributed by atoms with Gasteiger partial charge in [-0.1, -0.05) is 0 Å². The Kier molecular flexibility index (Phi) is 3.66. The number of aromatic nitrogens is 2. The van der Waals surface area contributed by atoms with E-state index >= 15 is 0 Å². The molecule has 1 aromatic heterocycles. The van der Waals surface area contributed by atoms with Gasteiger partial charge in [-0.05, 0) is 45.8 Å². The Labute approximate surface area is 96.4 Å². The van der Waals surface area contributed by atoms with Crippen LogP contribution in [0.4, 0.5) is 11.6 Å². The standard InChI is InChI=1S/C11H21N5/c1-9-14-10(12)11(15-9)13-5-4-8-16-6-2-3-7-16/h13H,2-8,12H2,1H3,(H,14,15). The number of rotatable bonds is 5. The second-order valence-electron chi connectivity index (χ2n) is 4.41. The summed E-state index contributed by atoms with van der Waals surface area (Å²) in [5.74, 6) is 2.29. The van der Waals surface area contributed by atoms with Crippen LogP contribution in [0, 0.1) is 6.92 Å². The van der Waals surface area contributed by atoms with Gasteiger partial charge < -0.3 is 20.9 Å². The van der Waals surface area contributed by atoms with Crippen LogP contribution in [0.25, 0.3) is 0 Å². The second kappa shape index (κ2) is 5.21. The van der Waals surface area contributed by atoms with Crippen molar-refractivity contribution in [2.24, 2.45) is 0 Å². The first-order chi connectivity index (χ1) is 7.75. The van der Waals surface area contributed by atoms with E-state index in [-0.39, 0.29) is 0 Å². The summed E-state index contributed by atoms with van der Waals surface area (Å²) in [6.07, 6.45) is 3.86. The topological polar surface area (TPSA) is 70.0 Å². The molecule has 0 radical (unpaired) electrons. The number of aryl methyl sites for hydroxylation is 1. The first-order valence-electron chi connectivity index (χ1n) is 6.04. The minimum Gasteiger partial charge on any atom is -0.382 e. The Hall–Kier alpha value is -1.23. The van der Waals surface area contributed by atoms with Gasteiger partial charge in [0.15, 0.2) is 5.82 Å². The fourth-order valence-electron chi connectivity index (χ4n) is 2.16. The molecule has 1 aliphatic rings. The smallest absolute Gasteiger partial charge is 0.168 e. The summed E-state index contributed by atoms with van der Waals surface area (Å²) in [7, 11) is 0. The SMILES string of the molecule is Cc1nc(NCCCN2CCCC2)c(N)[nH]1. The number of nitrogens with two attached hydrogens (primary N) is 1. The van der Waals surface area contributed by atoms with Crippen LogP contribution in [0.5, 0.6) is 0 Å². The zero-order valence-electron chi connectivity index (χ0n) is 9.92. The van der Waals surface area contributed by atoms with Crippen molar-refractivity contribution in [3.05, 3.63) is 5.82 Å². The maximum atomic E-state index is 5.75. The van der Waals surface area contributed by atoms with Crippen LogP contribution in [0.1, 0.15) is 25.1 Å². The highest BCUT2D eigenvalue weighted by molar-refractivity contribution is 5.56. The van der Waals surface area contributed by atoms with Crippen molar-refractivity contribution in [3.63, 3.8) is 0 Å². The molecule has 4 N–H and O–H groups in total. The molecule has 0 saturated carbocycles. The molecule has 1 aromatic rings. The molecule has 90 valence electrons. The van der Waals surface area contributed by atoms with E-state index in [4.69, 9.17) is 5.73 Å². The van der Waals surface area contributed by atoms with E-state index in [0.29, 0.717) is 5.82 Å². The highest BCUT2D eigenvalue weighted by Crippen LogP contribution is 2.13. The molecule has 1 saturated heterocycles. The van der Waals surface area contributed by atoms with Crippen LogP contribution in [0.2, 0.25) is 0 Å². The average molecular weight is 223 g/mol. The molecule has 2 heterocycles. The largest absolute Gasteiger partial charge is 0.382 e. The molecular formula is C11H21N5. The summed E-state index contributed by atoms with van der Waals surface area (Å²) < 4.78 is 0. The first-order valence-corrected chi connectivity index (χ1v) is 6.04. The summed E-state index contributed by atoms with van der Waals surface area (Å²) in [4.78, 5) is 9.77. The lowest BCUT2D eigenvalue weighted by atomic mass is 10.4. The lowest BCUT2D eigenvalue weighted by Gasteiger charge is -2.14. The van der Waals surface area contributed by atoms with E-state index in [1.165, 1.54) is 32.5 Å². The second-order valence-corrected chi connectivity index (χ2v) is 4.41. The van der Waals surface area contributed by atoms with Crippen LogP contribution < -0.4 is 11.1 Å². The Bertz CT molecular complexity index is 327. The molecule has 0 aromatic carbocycles. The monoisotopic (exact) mass is 223 g/mol. The number of hydrogen-bond donors (Lipinski definition) is 3. The number of likely N-dealkylation sites (tertiary alicyclic amines) is 1. The number of imidazole rings is 1. The van der Waals surface area contributed by atoms with Gasteiger partial charge >= 0.3 is 0 Å². The van der Waals surface area contributed by atoms with Gasteiger partial charge in [-0.15, -0.1) is 0 Å². The van der Waals surface area contributed by atoms with Crippen LogP contribution in [-0.2, 0) is 0 Å². The third-order valence-corrected chi connectivity index (χ3v) is 2.99. The summed E-state index contributed by atoms with van der Waals surface area (Å²) >= 11 is 0. The summed E-state index contributed by atoms with van der Waals surface area (Å²) in [5, 5.41) is 3.26. The molecule has 0 amide bonds. The predicted octanol–water partition coefficient (Wildman–Crippen LogP) is 1.20. The van der Waals surface area contributed by atoms with Gasteiger partial charge in [0.1, 0.15) is 11.6 Å². The normalized spacial score (nSPS) is 16.8. The van der Waals surface area contributed by atoms with Crippen molar-refractivity contribution < 1.29 is 0 Å². The summed E-state index contributed by atoms with van der Waals surface area (Å²) in [6, 6.07) is 0. The van der Waals surface area contributed by atoms with Crippen LogP contribution in [-0.4, -0.2) is 41.0 Å². The van der Waals surface area contributed by atoms with E-state index in [1.807, 2.05) is 6.92 Å².